The Morgan fingerprint density at radius 2 is 1.41 bits per heavy atom. The predicted molar refractivity (Wildman–Crippen MR) is 74.0 cm³/mol. The molecular formula is C15H30N2. The molecule has 100 valence electrons. The summed E-state index contributed by atoms with van der Waals surface area (Å²) in [4.78, 5) is 2.74. The highest BCUT2D eigenvalue weighted by atomic mass is 15.2. The van der Waals surface area contributed by atoms with Crippen molar-refractivity contribution in [3.05, 3.63) is 0 Å². The van der Waals surface area contributed by atoms with Gasteiger partial charge in [0.1, 0.15) is 0 Å². The van der Waals surface area contributed by atoms with Crippen LogP contribution in [0.25, 0.3) is 0 Å². The van der Waals surface area contributed by atoms with Crippen LogP contribution in [0.15, 0.2) is 0 Å². The molecule has 2 N–H and O–H groups in total. The molecule has 0 aromatic heterocycles. The summed E-state index contributed by atoms with van der Waals surface area (Å²) in [6.45, 7) is 8.22. The molecule has 0 radical (unpaired) electrons. The maximum atomic E-state index is 6.19. The molecule has 1 saturated carbocycles. The van der Waals surface area contributed by atoms with E-state index >= 15 is 0 Å². The minimum Gasteiger partial charge on any atom is -0.329 e. The van der Waals surface area contributed by atoms with Crippen LogP contribution in [0.4, 0.5) is 0 Å². The van der Waals surface area contributed by atoms with E-state index in [4.69, 9.17) is 5.73 Å². The Labute approximate surface area is 107 Å². The molecule has 2 atom stereocenters. The lowest BCUT2D eigenvalue weighted by molar-refractivity contribution is 0.0862. The molecule has 0 spiro atoms. The van der Waals surface area contributed by atoms with Gasteiger partial charge in [-0.2, -0.15) is 0 Å². The molecule has 0 aromatic carbocycles. The van der Waals surface area contributed by atoms with Crippen LogP contribution in [0.3, 0.4) is 0 Å². The zero-order chi connectivity index (χ0) is 12.3. The summed E-state index contributed by atoms with van der Waals surface area (Å²) in [5.41, 5.74) is 6.53. The zero-order valence-electron chi connectivity index (χ0n) is 11.8. The Morgan fingerprint density at radius 1 is 0.941 bits per heavy atom. The van der Waals surface area contributed by atoms with E-state index in [2.05, 4.69) is 18.7 Å². The molecule has 2 unspecified atom stereocenters. The van der Waals surface area contributed by atoms with Crippen LogP contribution < -0.4 is 5.73 Å². The Bertz CT molecular complexity index is 221. The molecule has 0 aromatic rings. The third kappa shape index (κ3) is 2.85. The maximum absolute atomic E-state index is 6.19. The highest BCUT2D eigenvalue weighted by Crippen LogP contribution is 2.36. The van der Waals surface area contributed by atoms with Crippen molar-refractivity contribution in [2.24, 2.45) is 17.6 Å². The average Bonchev–Trinajstić information content (AvgIpc) is 2.60. The van der Waals surface area contributed by atoms with Crippen molar-refractivity contribution in [2.45, 2.75) is 64.3 Å². The van der Waals surface area contributed by atoms with E-state index < -0.39 is 0 Å². The molecule has 2 fully saturated rings. The fourth-order valence-electron chi connectivity index (χ4n) is 3.73. The topological polar surface area (TPSA) is 29.3 Å². The van der Waals surface area contributed by atoms with Crippen molar-refractivity contribution in [2.75, 3.05) is 19.6 Å². The minimum absolute atomic E-state index is 0.347. The molecule has 2 nitrogen and oxygen atoms in total. The van der Waals surface area contributed by atoms with Gasteiger partial charge in [0.15, 0.2) is 0 Å². The molecule has 1 aliphatic heterocycles. The zero-order valence-corrected chi connectivity index (χ0v) is 11.8. The van der Waals surface area contributed by atoms with Crippen LogP contribution in [0.1, 0.15) is 58.8 Å². The first kappa shape index (κ1) is 13.4. The van der Waals surface area contributed by atoms with E-state index in [1.54, 1.807) is 0 Å². The normalized spacial score (nSPS) is 35.5. The van der Waals surface area contributed by atoms with Gasteiger partial charge in [-0.25, -0.2) is 0 Å². The standard InChI is InChI=1S/C15H30N2/c1-13-10-17(11-14(13)2)15(12-16)8-6-4-3-5-7-9-15/h13-14H,3-12,16H2,1-2H3. The first-order valence-electron chi connectivity index (χ1n) is 7.63. The lowest BCUT2D eigenvalue weighted by atomic mass is 9.82. The van der Waals surface area contributed by atoms with Gasteiger partial charge < -0.3 is 5.73 Å². The van der Waals surface area contributed by atoms with Gasteiger partial charge in [-0.3, -0.25) is 4.90 Å². The molecule has 2 rings (SSSR count). The summed E-state index contributed by atoms with van der Waals surface area (Å²) in [6, 6.07) is 0. The Balaban J connectivity index is 2.06. The fraction of sp³-hybridized carbons (Fsp3) is 1.00. The van der Waals surface area contributed by atoms with Gasteiger partial charge in [-0.15, -0.1) is 0 Å². The van der Waals surface area contributed by atoms with Crippen molar-refractivity contribution < 1.29 is 0 Å². The smallest absolute Gasteiger partial charge is 0.0331 e. The van der Waals surface area contributed by atoms with E-state index in [-0.39, 0.29) is 0 Å². The molecular weight excluding hydrogens is 208 g/mol. The third-order valence-corrected chi connectivity index (χ3v) is 5.32. The monoisotopic (exact) mass is 238 g/mol. The van der Waals surface area contributed by atoms with Gasteiger partial charge in [0, 0.05) is 25.2 Å². The largest absolute Gasteiger partial charge is 0.329 e. The molecule has 2 aliphatic rings. The first-order valence-corrected chi connectivity index (χ1v) is 7.63. The van der Waals surface area contributed by atoms with Crippen LogP contribution in [-0.4, -0.2) is 30.1 Å². The number of hydrogen-bond acceptors (Lipinski definition) is 2. The van der Waals surface area contributed by atoms with Crippen molar-refractivity contribution in [1.82, 2.24) is 4.90 Å². The number of hydrogen-bond donors (Lipinski definition) is 1. The van der Waals surface area contributed by atoms with Gasteiger partial charge in [-0.05, 0) is 24.7 Å². The van der Waals surface area contributed by atoms with E-state index in [9.17, 15) is 0 Å². The first-order chi connectivity index (χ1) is 8.18. The Hall–Kier alpha value is -0.0800. The summed E-state index contributed by atoms with van der Waals surface area (Å²) in [7, 11) is 0. The Kier molecular flexibility index (Phi) is 4.48. The minimum atomic E-state index is 0.347. The Morgan fingerprint density at radius 3 is 1.88 bits per heavy atom. The van der Waals surface area contributed by atoms with Crippen LogP contribution in [-0.2, 0) is 0 Å². The highest BCUT2D eigenvalue weighted by molar-refractivity contribution is 4.97. The lowest BCUT2D eigenvalue weighted by Crippen LogP contribution is -2.53. The highest BCUT2D eigenvalue weighted by Gasteiger charge is 2.40. The molecule has 0 bridgehead atoms. The molecule has 1 aliphatic carbocycles. The second-order valence-electron chi connectivity index (χ2n) is 6.56. The molecule has 0 amide bonds. The van der Waals surface area contributed by atoms with Crippen molar-refractivity contribution in [3.63, 3.8) is 0 Å². The van der Waals surface area contributed by atoms with Crippen molar-refractivity contribution >= 4 is 0 Å². The molecule has 2 heteroatoms. The van der Waals surface area contributed by atoms with E-state index in [0.717, 1.165) is 18.4 Å². The summed E-state index contributed by atoms with van der Waals surface area (Å²) in [5, 5.41) is 0. The van der Waals surface area contributed by atoms with Crippen LogP contribution in [0, 0.1) is 11.8 Å². The second-order valence-corrected chi connectivity index (χ2v) is 6.56. The maximum Gasteiger partial charge on any atom is 0.0331 e. The predicted octanol–water partition coefficient (Wildman–Crippen LogP) is 3.02. The van der Waals surface area contributed by atoms with Gasteiger partial charge in [-0.1, -0.05) is 46.0 Å². The average molecular weight is 238 g/mol. The fourth-order valence-corrected chi connectivity index (χ4v) is 3.73. The van der Waals surface area contributed by atoms with Crippen LogP contribution >= 0.6 is 0 Å². The van der Waals surface area contributed by atoms with Crippen LogP contribution in [0.2, 0.25) is 0 Å². The number of nitrogens with two attached hydrogens (primary N) is 1. The third-order valence-electron chi connectivity index (χ3n) is 5.32. The number of nitrogens with zero attached hydrogens (tertiary/aromatic N) is 1. The second kappa shape index (κ2) is 5.71. The van der Waals surface area contributed by atoms with Crippen molar-refractivity contribution in [3.8, 4) is 0 Å². The van der Waals surface area contributed by atoms with Crippen molar-refractivity contribution in [1.29, 1.82) is 0 Å². The summed E-state index contributed by atoms with van der Waals surface area (Å²) in [6.07, 6.45) is 9.72. The van der Waals surface area contributed by atoms with Gasteiger partial charge in [0.05, 0.1) is 0 Å². The lowest BCUT2D eigenvalue weighted by Gasteiger charge is -2.43. The molecule has 17 heavy (non-hydrogen) atoms. The van der Waals surface area contributed by atoms with Gasteiger partial charge >= 0.3 is 0 Å². The SMILES string of the molecule is CC1CN(C2(CN)CCCCCCC2)CC1C. The number of likely N-dealkylation sites (tertiary alicyclic amines) is 1. The van der Waals surface area contributed by atoms with Gasteiger partial charge in [0.2, 0.25) is 0 Å². The van der Waals surface area contributed by atoms with E-state index in [1.165, 1.54) is 58.0 Å². The summed E-state index contributed by atoms with van der Waals surface area (Å²) in [5.74, 6) is 1.70. The van der Waals surface area contributed by atoms with Gasteiger partial charge in [0.25, 0.3) is 0 Å². The van der Waals surface area contributed by atoms with Crippen LogP contribution in [0.5, 0.6) is 0 Å². The summed E-state index contributed by atoms with van der Waals surface area (Å²) < 4.78 is 0. The van der Waals surface area contributed by atoms with E-state index in [0.29, 0.717) is 5.54 Å². The van der Waals surface area contributed by atoms with E-state index in [1.807, 2.05) is 0 Å². The molecule has 1 saturated heterocycles. The number of rotatable bonds is 2. The summed E-state index contributed by atoms with van der Waals surface area (Å²) >= 11 is 0. The molecule has 1 heterocycles. The quantitative estimate of drug-likeness (QED) is 0.801.